The Kier molecular flexibility index (Phi) is 4.94. The number of carbonyl (C=O) groups excluding carboxylic acids is 1. The van der Waals surface area contributed by atoms with Gasteiger partial charge in [0.05, 0.1) is 12.2 Å². The van der Waals surface area contributed by atoms with Crippen LogP contribution >= 0.6 is 0 Å². The van der Waals surface area contributed by atoms with Crippen molar-refractivity contribution in [1.29, 1.82) is 0 Å². The van der Waals surface area contributed by atoms with Crippen molar-refractivity contribution in [2.45, 2.75) is 45.4 Å². The van der Waals surface area contributed by atoms with Crippen molar-refractivity contribution in [3.8, 4) is 0 Å². The van der Waals surface area contributed by atoms with E-state index in [1.807, 2.05) is 24.8 Å². The van der Waals surface area contributed by atoms with E-state index in [4.69, 9.17) is 4.52 Å². The molecule has 0 unspecified atom stereocenters. The Labute approximate surface area is 139 Å². The average Bonchev–Trinajstić information content (AvgIpc) is 3.26. The van der Waals surface area contributed by atoms with E-state index < -0.39 is 6.17 Å². The maximum atomic E-state index is 13.8. The van der Waals surface area contributed by atoms with Crippen LogP contribution in [0.4, 0.5) is 4.39 Å². The van der Waals surface area contributed by atoms with Crippen molar-refractivity contribution in [2.75, 3.05) is 13.1 Å². The van der Waals surface area contributed by atoms with Crippen LogP contribution in [0.25, 0.3) is 0 Å². The molecule has 3 heterocycles. The maximum absolute atomic E-state index is 13.8. The number of alkyl halides is 1. The summed E-state index contributed by atoms with van der Waals surface area (Å²) in [5, 5.41) is 13.5. The number of carbonyl (C=O) groups is 1. The highest BCUT2D eigenvalue weighted by Crippen LogP contribution is 2.22. The first kappa shape index (κ1) is 16.6. The van der Waals surface area contributed by atoms with E-state index in [1.165, 1.54) is 0 Å². The summed E-state index contributed by atoms with van der Waals surface area (Å²) in [6.45, 7) is 5.03. The number of nitrogens with zero attached hydrogens (tertiary/aromatic N) is 3. The molecule has 0 bridgehead atoms. The molecule has 24 heavy (non-hydrogen) atoms. The molecule has 2 N–H and O–H groups in total. The molecule has 3 rings (SSSR count). The number of hydrogen-bond donors (Lipinski definition) is 2. The highest BCUT2D eigenvalue weighted by Gasteiger charge is 2.33. The van der Waals surface area contributed by atoms with Gasteiger partial charge in [-0.2, -0.15) is 5.10 Å². The molecule has 8 heteroatoms. The fourth-order valence-electron chi connectivity index (χ4n) is 2.98. The van der Waals surface area contributed by atoms with Gasteiger partial charge in [-0.15, -0.1) is 0 Å². The molecule has 0 spiro atoms. The van der Waals surface area contributed by atoms with Crippen molar-refractivity contribution < 1.29 is 13.7 Å². The van der Waals surface area contributed by atoms with Gasteiger partial charge in [0.15, 0.2) is 5.76 Å². The SMILES string of the molecule is CCc1cc(C(=O)NC[C@@H]2C[C@H](F)CN2Cc2cc(C)no2)n[nH]1. The largest absolute Gasteiger partial charge is 0.360 e. The molecular weight excluding hydrogens is 313 g/mol. The topological polar surface area (TPSA) is 87.1 Å². The number of aryl methyl sites for hydroxylation is 2. The van der Waals surface area contributed by atoms with Gasteiger partial charge in [0, 0.05) is 30.9 Å². The second kappa shape index (κ2) is 7.12. The second-order valence-corrected chi connectivity index (χ2v) is 6.19. The van der Waals surface area contributed by atoms with Gasteiger partial charge >= 0.3 is 0 Å². The lowest BCUT2D eigenvalue weighted by Gasteiger charge is -2.22. The highest BCUT2D eigenvalue weighted by molar-refractivity contribution is 5.92. The second-order valence-electron chi connectivity index (χ2n) is 6.19. The zero-order valence-corrected chi connectivity index (χ0v) is 13.9. The molecule has 130 valence electrons. The average molecular weight is 335 g/mol. The van der Waals surface area contributed by atoms with Gasteiger partial charge in [-0.1, -0.05) is 12.1 Å². The molecule has 0 saturated carbocycles. The molecule has 2 aromatic rings. The summed E-state index contributed by atoms with van der Waals surface area (Å²) in [7, 11) is 0. The number of H-pyrrole nitrogens is 1. The lowest BCUT2D eigenvalue weighted by atomic mass is 10.2. The molecule has 0 radical (unpaired) electrons. The minimum atomic E-state index is -0.895. The summed E-state index contributed by atoms with van der Waals surface area (Å²) in [6.07, 6.45) is 0.290. The summed E-state index contributed by atoms with van der Waals surface area (Å²) in [4.78, 5) is 14.1. The maximum Gasteiger partial charge on any atom is 0.271 e. The van der Waals surface area contributed by atoms with Crippen LogP contribution in [-0.2, 0) is 13.0 Å². The van der Waals surface area contributed by atoms with Gasteiger partial charge < -0.3 is 9.84 Å². The van der Waals surface area contributed by atoms with Crippen molar-refractivity contribution in [3.63, 3.8) is 0 Å². The number of likely N-dealkylation sites (tertiary alicyclic amines) is 1. The summed E-state index contributed by atoms with van der Waals surface area (Å²) < 4.78 is 19.0. The minimum Gasteiger partial charge on any atom is -0.360 e. The monoisotopic (exact) mass is 335 g/mol. The van der Waals surface area contributed by atoms with Crippen LogP contribution in [0, 0.1) is 6.92 Å². The molecule has 7 nitrogen and oxygen atoms in total. The quantitative estimate of drug-likeness (QED) is 0.837. The summed E-state index contributed by atoms with van der Waals surface area (Å²) in [6, 6.07) is 3.51. The van der Waals surface area contributed by atoms with Crippen LogP contribution in [0.5, 0.6) is 0 Å². The summed E-state index contributed by atoms with van der Waals surface area (Å²) in [5.74, 6) is 0.460. The normalized spacial score (nSPS) is 21.3. The van der Waals surface area contributed by atoms with Gasteiger partial charge in [-0.3, -0.25) is 14.8 Å². The molecule has 1 fully saturated rings. The molecule has 2 aromatic heterocycles. The molecule has 0 aromatic carbocycles. The van der Waals surface area contributed by atoms with E-state index >= 15 is 0 Å². The predicted molar refractivity (Wildman–Crippen MR) is 85.2 cm³/mol. The number of aromatic amines is 1. The van der Waals surface area contributed by atoms with E-state index in [-0.39, 0.29) is 11.9 Å². The van der Waals surface area contributed by atoms with Gasteiger partial charge in [-0.05, 0) is 25.8 Å². The zero-order valence-electron chi connectivity index (χ0n) is 13.9. The van der Waals surface area contributed by atoms with Gasteiger partial charge in [0.25, 0.3) is 5.91 Å². The number of halogens is 1. The van der Waals surface area contributed by atoms with Crippen molar-refractivity contribution in [2.24, 2.45) is 0 Å². The highest BCUT2D eigenvalue weighted by atomic mass is 19.1. The Morgan fingerprint density at radius 3 is 3.04 bits per heavy atom. The molecule has 1 aliphatic rings. The third kappa shape index (κ3) is 3.81. The first-order valence-electron chi connectivity index (χ1n) is 8.18. The first-order chi connectivity index (χ1) is 11.5. The summed E-state index contributed by atoms with van der Waals surface area (Å²) >= 11 is 0. The lowest BCUT2D eigenvalue weighted by molar-refractivity contribution is 0.0933. The Hall–Kier alpha value is -2.22. The zero-order chi connectivity index (χ0) is 17.1. The van der Waals surface area contributed by atoms with Crippen LogP contribution in [0.3, 0.4) is 0 Å². The molecule has 1 amide bonds. The van der Waals surface area contributed by atoms with E-state index in [9.17, 15) is 9.18 Å². The number of hydrogen-bond acceptors (Lipinski definition) is 5. The molecule has 2 atom stereocenters. The third-order valence-electron chi connectivity index (χ3n) is 4.26. The summed E-state index contributed by atoms with van der Waals surface area (Å²) in [5.41, 5.74) is 2.07. The van der Waals surface area contributed by atoms with Gasteiger partial charge in [-0.25, -0.2) is 4.39 Å². The lowest BCUT2D eigenvalue weighted by Crippen LogP contribution is -2.39. The smallest absolute Gasteiger partial charge is 0.271 e. The number of aromatic nitrogens is 3. The fourth-order valence-corrected chi connectivity index (χ4v) is 2.98. The van der Waals surface area contributed by atoms with Gasteiger partial charge in [0.2, 0.25) is 0 Å². The van der Waals surface area contributed by atoms with Crippen molar-refractivity contribution in [3.05, 3.63) is 35.0 Å². The third-order valence-corrected chi connectivity index (χ3v) is 4.26. The Balaban J connectivity index is 1.57. The van der Waals surface area contributed by atoms with E-state index in [1.54, 1.807) is 6.07 Å². The van der Waals surface area contributed by atoms with Crippen LogP contribution < -0.4 is 5.32 Å². The molecule has 1 saturated heterocycles. The van der Waals surface area contributed by atoms with Crippen LogP contribution in [0.15, 0.2) is 16.7 Å². The minimum absolute atomic E-state index is 0.0704. The van der Waals surface area contributed by atoms with E-state index in [2.05, 4.69) is 20.7 Å². The number of amides is 1. The Morgan fingerprint density at radius 1 is 1.54 bits per heavy atom. The molecule has 0 aliphatic carbocycles. The number of rotatable bonds is 6. The van der Waals surface area contributed by atoms with E-state index in [0.29, 0.717) is 37.5 Å². The predicted octanol–water partition coefficient (Wildman–Crippen LogP) is 1.61. The van der Waals surface area contributed by atoms with Crippen LogP contribution in [-0.4, -0.2) is 51.5 Å². The Bertz CT molecular complexity index is 698. The first-order valence-corrected chi connectivity index (χ1v) is 8.18. The Morgan fingerprint density at radius 2 is 2.38 bits per heavy atom. The fraction of sp³-hybridized carbons (Fsp3) is 0.562. The van der Waals surface area contributed by atoms with E-state index in [0.717, 1.165) is 17.8 Å². The van der Waals surface area contributed by atoms with Crippen molar-refractivity contribution in [1.82, 2.24) is 25.6 Å². The standard InChI is InChI=1S/C16H22FN5O2/c1-3-12-6-15(20-19-12)16(23)18-7-13-5-11(17)8-22(13)9-14-4-10(2)21-24-14/h4,6,11,13H,3,5,7-9H2,1-2H3,(H,18,23)(H,19,20)/t11-,13-/m0/s1. The van der Waals surface area contributed by atoms with Crippen LogP contribution in [0.1, 0.15) is 41.0 Å². The number of nitrogens with one attached hydrogen (secondary N) is 2. The molecular formula is C16H22FN5O2. The van der Waals surface area contributed by atoms with Gasteiger partial charge in [0.1, 0.15) is 11.9 Å². The van der Waals surface area contributed by atoms with Crippen LogP contribution in [0.2, 0.25) is 0 Å². The molecule has 1 aliphatic heterocycles. The van der Waals surface area contributed by atoms with Crippen molar-refractivity contribution >= 4 is 5.91 Å².